The molecular weight excluding hydrogens is 334 g/mol. The summed E-state index contributed by atoms with van der Waals surface area (Å²) in [6.45, 7) is 0. The molecule has 140 valence electrons. The first-order valence-corrected chi connectivity index (χ1v) is 9.15. The summed E-state index contributed by atoms with van der Waals surface area (Å²) < 4.78 is 11.5. The molecule has 0 amide bonds. The fourth-order valence-corrected chi connectivity index (χ4v) is 4.09. The van der Waals surface area contributed by atoms with Crippen LogP contribution < -0.4 is 9.47 Å². The Bertz CT molecular complexity index is 703. The summed E-state index contributed by atoms with van der Waals surface area (Å²) >= 11 is 0. The van der Waals surface area contributed by atoms with E-state index in [1.807, 2.05) is 12.1 Å². The minimum Gasteiger partial charge on any atom is -0.493 e. The highest BCUT2D eigenvalue weighted by molar-refractivity contribution is 5.70. The van der Waals surface area contributed by atoms with Gasteiger partial charge in [-0.3, -0.25) is 4.79 Å². The van der Waals surface area contributed by atoms with Crippen molar-refractivity contribution >= 4 is 5.97 Å². The molecule has 2 atom stereocenters. The summed E-state index contributed by atoms with van der Waals surface area (Å²) in [5.74, 6) is 0.0297. The van der Waals surface area contributed by atoms with Crippen molar-refractivity contribution in [1.82, 2.24) is 0 Å². The number of nitriles is 1. The normalized spacial score (nSPS) is 31.2. The lowest BCUT2D eigenvalue weighted by atomic mass is 9.67. The number of benzene rings is 1. The lowest BCUT2D eigenvalue weighted by molar-refractivity contribution is -0.143. The van der Waals surface area contributed by atoms with Crippen LogP contribution in [0.3, 0.4) is 0 Å². The smallest absolute Gasteiger partial charge is 0.306 e. The highest BCUT2D eigenvalue weighted by Gasteiger charge is 2.39. The summed E-state index contributed by atoms with van der Waals surface area (Å²) in [4.78, 5) is 11.2. The quantitative estimate of drug-likeness (QED) is 0.838. The van der Waals surface area contributed by atoms with Crippen molar-refractivity contribution in [2.45, 2.75) is 62.6 Å². The van der Waals surface area contributed by atoms with E-state index < -0.39 is 11.4 Å². The number of aliphatic carboxylic acids is 1. The van der Waals surface area contributed by atoms with Crippen molar-refractivity contribution in [2.75, 3.05) is 7.11 Å². The van der Waals surface area contributed by atoms with Crippen molar-refractivity contribution in [1.29, 1.82) is 5.26 Å². The van der Waals surface area contributed by atoms with E-state index in [2.05, 4.69) is 6.07 Å². The third-order valence-corrected chi connectivity index (χ3v) is 5.77. The number of rotatable bonds is 5. The SMILES string of the molecule is COc1ccc([C@]2(C#N)CC[C@H](C(=O)O)CC2)cc1O[C@@H]1CC[C@@H](O)C1. The minimum atomic E-state index is -0.782. The minimum absolute atomic E-state index is 0.0602. The molecule has 0 aromatic heterocycles. The Balaban J connectivity index is 1.84. The molecule has 0 heterocycles. The zero-order valence-electron chi connectivity index (χ0n) is 15.0. The molecule has 1 aromatic carbocycles. The van der Waals surface area contributed by atoms with Crippen LogP contribution in [0.2, 0.25) is 0 Å². The van der Waals surface area contributed by atoms with Gasteiger partial charge in [0, 0.05) is 6.42 Å². The molecule has 3 rings (SSSR count). The molecule has 0 unspecified atom stereocenters. The molecule has 26 heavy (non-hydrogen) atoms. The fraction of sp³-hybridized carbons (Fsp3) is 0.600. The zero-order chi connectivity index (χ0) is 18.7. The first kappa shape index (κ1) is 18.5. The van der Waals surface area contributed by atoms with Crippen molar-refractivity contribution in [2.24, 2.45) is 5.92 Å². The van der Waals surface area contributed by atoms with Crippen LogP contribution >= 0.6 is 0 Å². The molecule has 0 spiro atoms. The van der Waals surface area contributed by atoms with Crippen LogP contribution in [0.15, 0.2) is 18.2 Å². The van der Waals surface area contributed by atoms with E-state index in [9.17, 15) is 20.3 Å². The predicted octanol–water partition coefficient (Wildman–Crippen LogP) is 3.02. The van der Waals surface area contributed by atoms with E-state index in [1.165, 1.54) is 0 Å². The van der Waals surface area contributed by atoms with E-state index in [-0.39, 0.29) is 18.1 Å². The monoisotopic (exact) mass is 359 g/mol. The largest absolute Gasteiger partial charge is 0.493 e. The summed E-state index contributed by atoms with van der Waals surface area (Å²) in [5.41, 5.74) is 0.157. The lowest BCUT2D eigenvalue weighted by Crippen LogP contribution is -2.33. The maximum absolute atomic E-state index is 11.2. The molecule has 1 aromatic rings. The highest BCUT2D eigenvalue weighted by Crippen LogP contribution is 2.44. The summed E-state index contributed by atoms with van der Waals surface area (Å²) in [6, 6.07) is 7.96. The third kappa shape index (κ3) is 3.63. The number of carboxylic acid groups (broad SMARTS) is 1. The molecule has 2 aliphatic rings. The number of hydrogen-bond donors (Lipinski definition) is 2. The van der Waals surface area contributed by atoms with Gasteiger partial charge in [-0.15, -0.1) is 0 Å². The third-order valence-electron chi connectivity index (χ3n) is 5.77. The number of nitrogens with zero attached hydrogens (tertiary/aromatic N) is 1. The fourth-order valence-electron chi connectivity index (χ4n) is 4.09. The highest BCUT2D eigenvalue weighted by atomic mass is 16.5. The molecule has 2 N–H and O–H groups in total. The van der Waals surface area contributed by atoms with Crippen molar-refractivity contribution in [3.63, 3.8) is 0 Å². The molecule has 0 saturated heterocycles. The van der Waals surface area contributed by atoms with Gasteiger partial charge in [-0.1, -0.05) is 6.07 Å². The van der Waals surface area contributed by atoms with Crippen molar-refractivity contribution in [3.05, 3.63) is 23.8 Å². The number of hydrogen-bond acceptors (Lipinski definition) is 5. The molecule has 2 aliphatic carbocycles. The first-order valence-electron chi connectivity index (χ1n) is 9.15. The maximum Gasteiger partial charge on any atom is 0.306 e. The van der Waals surface area contributed by atoms with Crippen LogP contribution in [-0.2, 0) is 10.2 Å². The van der Waals surface area contributed by atoms with Crippen LogP contribution in [-0.4, -0.2) is 35.5 Å². The van der Waals surface area contributed by atoms with Gasteiger partial charge < -0.3 is 19.7 Å². The van der Waals surface area contributed by atoms with Gasteiger partial charge in [0.1, 0.15) is 6.10 Å². The van der Waals surface area contributed by atoms with Crippen LogP contribution in [0.5, 0.6) is 11.5 Å². The summed E-state index contributed by atoms with van der Waals surface area (Å²) in [5, 5.41) is 28.8. The van der Waals surface area contributed by atoms with E-state index in [0.29, 0.717) is 43.6 Å². The molecule has 0 radical (unpaired) electrons. The number of carbonyl (C=O) groups is 1. The van der Waals surface area contributed by atoms with Gasteiger partial charge in [0.15, 0.2) is 11.5 Å². The molecule has 6 heteroatoms. The Labute approximate surface area is 153 Å². The number of carboxylic acids is 1. The van der Waals surface area contributed by atoms with E-state index in [0.717, 1.165) is 18.4 Å². The topological polar surface area (TPSA) is 99.8 Å². The van der Waals surface area contributed by atoms with Gasteiger partial charge in [-0.25, -0.2) is 0 Å². The Morgan fingerprint density at radius 1 is 1.23 bits per heavy atom. The average molecular weight is 359 g/mol. The van der Waals surface area contributed by atoms with Gasteiger partial charge in [-0.2, -0.15) is 5.26 Å². The Kier molecular flexibility index (Phi) is 5.38. The maximum atomic E-state index is 11.2. The van der Waals surface area contributed by atoms with Crippen LogP contribution in [0.4, 0.5) is 0 Å². The molecule has 2 saturated carbocycles. The van der Waals surface area contributed by atoms with Gasteiger partial charge in [-0.05, 0) is 56.2 Å². The first-order chi connectivity index (χ1) is 12.5. The van der Waals surface area contributed by atoms with Crippen molar-refractivity contribution < 1.29 is 24.5 Å². The van der Waals surface area contributed by atoms with Gasteiger partial charge in [0.25, 0.3) is 0 Å². The van der Waals surface area contributed by atoms with Gasteiger partial charge in [0.05, 0.1) is 30.6 Å². The molecule has 6 nitrogen and oxygen atoms in total. The molecular formula is C20H25NO5. The summed E-state index contributed by atoms with van der Waals surface area (Å²) in [6.07, 6.45) is 3.77. The lowest BCUT2D eigenvalue weighted by Gasteiger charge is -2.34. The van der Waals surface area contributed by atoms with Crippen LogP contribution in [0.25, 0.3) is 0 Å². The second-order valence-electron chi connectivity index (χ2n) is 7.38. The van der Waals surface area contributed by atoms with E-state index >= 15 is 0 Å². The van der Waals surface area contributed by atoms with Crippen LogP contribution in [0.1, 0.15) is 50.5 Å². The standard InChI is InChI=1S/C20H25NO5/c1-25-17-5-2-14(10-18(17)26-16-4-3-15(22)11-16)20(12-21)8-6-13(7-9-20)19(23)24/h2,5,10,13,15-16,22H,3-4,6-9,11H2,1H3,(H,23,24)/t13-,15-,16-,20+/m1/s1. The van der Waals surface area contributed by atoms with E-state index in [4.69, 9.17) is 9.47 Å². The Morgan fingerprint density at radius 3 is 2.50 bits per heavy atom. The average Bonchev–Trinajstić information content (AvgIpc) is 3.06. The van der Waals surface area contributed by atoms with Gasteiger partial charge in [0.2, 0.25) is 0 Å². The second-order valence-corrected chi connectivity index (χ2v) is 7.38. The Morgan fingerprint density at radius 2 is 1.96 bits per heavy atom. The number of aliphatic hydroxyl groups is 1. The molecule has 0 aliphatic heterocycles. The summed E-state index contributed by atoms with van der Waals surface area (Å²) in [7, 11) is 1.57. The Hall–Kier alpha value is -2.26. The van der Waals surface area contributed by atoms with Gasteiger partial charge >= 0.3 is 5.97 Å². The van der Waals surface area contributed by atoms with Crippen molar-refractivity contribution in [3.8, 4) is 17.6 Å². The van der Waals surface area contributed by atoms with E-state index in [1.54, 1.807) is 13.2 Å². The number of ether oxygens (including phenoxy) is 2. The second kappa shape index (κ2) is 7.55. The number of methoxy groups -OCH3 is 1. The molecule has 2 fully saturated rings. The molecule has 0 bridgehead atoms. The zero-order valence-corrected chi connectivity index (χ0v) is 15.0. The predicted molar refractivity (Wildman–Crippen MR) is 94.2 cm³/mol. The number of aliphatic hydroxyl groups excluding tert-OH is 1. The van der Waals surface area contributed by atoms with Crippen LogP contribution in [0, 0.1) is 17.2 Å².